The third-order valence-electron chi connectivity index (χ3n) is 2.52. The van der Waals surface area contributed by atoms with Crippen LogP contribution in [-0.2, 0) is 12.8 Å². The molecule has 2 rings (SSSR count). The highest BCUT2D eigenvalue weighted by molar-refractivity contribution is 5.45. The predicted octanol–water partition coefficient (Wildman–Crippen LogP) is 1.79. The van der Waals surface area contributed by atoms with Crippen LogP contribution in [0, 0.1) is 11.6 Å². The van der Waals surface area contributed by atoms with Gasteiger partial charge in [0, 0.05) is 24.1 Å². The van der Waals surface area contributed by atoms with Crippen LogP contribution < -0.4 is 10.5 Å². The van der Waals surface area contributed by atoms with Gasteiger partial charge in [0.1, 0.15) is 5.82 Å². The van der Waals surface area contributed by atoms with E-state index in [2.05, 4.69) is 0 Å². The molecule has 0 fully saturated rings. The summed E-state index contributed by atoms with van der Waals surface area (Å²) in [6.45, 7) is 2.21. The Morgan fingerprint density at radius 1 is 1.47 bits per heavy atom. The molecule has 1 aliphatic rings. The Labute approximate surface area is 87.0 Å². The van der Waals surface area contributed by atoms with Crippen LogP contribution in [0.2, 0.25) is 0 Å². The van der Waals surface area contributed by atoms with E-state index in [4.69, 9.17) is 10.5 Å². The fraction of sp³-hybridized carbons (Fsp3) is 0.455. The number of fused-ring (bicyclic) bond motifs is 1. The Bertz CT molecular complexity index is 391. The smallest absolute Gasteiger partial charge is 0.168 e. The van der Waals surface area contributed by atoms with Crippen molar-refractivity contribution < 1.29 is 13.5 Å². The lowest BCUT2D eigenvalue weighted by Crippen LogP contribution is -2.19. The average molecular weight is 213 g/mol. The molecule has 0 radical (unpaired) electrons. The second-order valence-corrected chi connectivity index (χ2v) is 3.91. The molecule has 1 heterocycles. The van der Waals surface area contributed by atoms with Crippen molar-refractivity contribution in [2.24, 2.45) is 5.73 Å². The molecule has 1 aromatic carbocycles. The average Bonchev–Trinajstić information content (AvgIpc) is 2.60. The molecule has 1 aliphatic heterocycles. The molecule has 0 saturated carbocycles. The first-order chi connectivity index (χ1) is 7.09. The van der Waals surface area contributed by atoms with Gasteiger partial charge in [-0.15, -0.1) is 0 Å². The second-order valence-electron chi connectivity index (χ2n) is 3.91. The summed E-state index contributed by atoms with van der Waals surface area (Å²) in [6.07, 6.45) is 0.976. The molecule has 2 N–H and O–H groups in total. The topological polar surface area (TPSA) is 35.2 Å². The zero-order valence-electron chi connectivity index (χ0n) is 8.52. The normalized spacial score (nSPS) is 16.0. The van der Waals surface area contributed by atoms with E-state index >= 15 is 0 Å². The van der Waals surface area contributed by atoms with Crippen molar-refractivity contribution in [3.63, 3.8) is 0 Å². The maximum absolute atomic E-state index is 13.5. The van der Waals surface area contributed by atoms with Crippen LogP contribution in [0.15, 0.2) is 6.07 Å². The second kappa shape index (κ2) is 3.77. The van der Waals surface area contributed by atoms with Crippen molar-refractivity contribution in [2.75, 3.05) is 6.61 Å². The predicted molar refractivity (Wildman–Crippen MR) is 52.9 cm³/mol. The van der Waals surface area contributed by atoms with Gasteiger partial charge >= 0.3 is 0 Å². The summed E-state index contributed by atoms with van der Waals surface area (Å²) >= 11 is 0. The minimum Gasteiger partial charge on any atom is -0.490 e. The van der Waals surface area contributed by atoms with Crippen molar-refractivity contribution in [1.82, 2.24) is 0 Å². The Morgan fingerprint density at radius 2 is 2.20 bits per heavy atom. The molecule has 1 unspecified atom stereocenters. The number of benzene rings is 1. The lowest BCUT2D eigenvalue weighted by atomic mass is 9.98. The van der Waals surface area contributed by atoms with Gasteiger partial charge in [0.25, 0.3) is 0 Å². The molecular weight excluding hydrogens is 200 g/mol. The molecule has 0 spiro atoms. The Morgan fingerprint density at radius 3 is 2.87 bits per heavy atom. The zero-order valence-corrected chi connectivity index (χ0v) is 8.52. The van der Waals surface area contributed by atoms with Crippen LogP contribution in [-0.4, -0.2) is 12.6 Å². The van der Waals surface area contributed by atoms with E-state index < -0.39 is 11.6 Å². The number of hydrogen-bond donors (Lipinski definition) is 1. The van der Waals surface area contributed by atoms with Crippen LogP contribution in [0.25, 0.3) is 0 Å². The number of ether oxygens (including phenoxy) is 1. The summed E-state index contributed by atoms with van der Waals surface area (Å²) in [5.41, 5.74) is 6.77. The number of hydrogen-bond acceptors (Lipinski definition) is 2. The van der Waals surface area contributed by atoms with E-state index in [0.29, 0.717) is 30.6 Å². The first-order valence-electron chi connectivity index (χ1n) is 4.97. The van der Waals surface area contributed by atoms with Gasteiger partial charge in [-0.25, -0.2) is 8.78 Å². The minimum absolute atomic E-state index is 0.144. The molecule has 2 nitrogen and oxygen atoms in total. The van der Waals surface area contributed by atoms with Crippen LogP contribution in [0.4, 0.5) is 8.78 Å². The molecule has 0 amide bonds. The molecule has 0 aliphatic carbocycles. The molecule has 15 heavy (non-hydrogen) atoms. The number of halogens is 2. The third-order valence-corrected chi connectivity index (χ3v) is 2.52. The van der Waals surface area contributed by atoms with Crippen molar-refractivity contribution in [2.45, 2.75) is 25.8 Å². The van der Waals surface area contributed by atoms with Crippen molar-refractivity contribution in [1.29, 1.82) is 0 Å². The quantitative estimate of drug-likeness (QED) is 0.812. The molecular formula is C11H13F2NO. The van der Waals surface area contributed by atoms with Gasteiger partial charge in [-0.05, 0) is 18.9 Å². The Balaban J connectivity index is 2.49. The van der Waals surface area contributed by atoms with Crippen molar-refractivity contribution in [3.8, 4) is 5.75 Å². The van der Waals surface area contributed by atoms with Gasteiger partial charge in [-0.2, -0.15) is 0 Å². The molecule has 4 heteroatoms. The van der Waals surface area contributed by atoms with E-state index in [1.54, 1.807) is 6.92 Å². The third kappa shape index (κ3) is 1.81. The highest BCUT2D eigenvalue weighted by Crippen LogP contribution is 2.33. The summed E-state index contributed by atoms with van der Waals surface area (Å²) in [5.74, 6) is -0.936. The number of nitrogens with two attached hydrogens (primary N) is 1. The highest BCUT2D eigenvalue weighted by Gasteiger charge is 2.24. The van der Waals surface area contributed by atoms with Crippen LogP contribution in [0.5, 0.6) is 5.75 Å². The molecule has 0 bridgehead atoms. The maximum Gasteiger partial charge on any atom is 0.168 e. The highest BCUT2D eigenvalue weighted by atomic mass is 19.1. The maximum atomic E-state index is 13.5. The zero-order chi connectivity index (χ0) is 11.0. The van der Waals surface area contributed by atoms with Gasteiger partial charge in [0.15, 0.2) is 11.6 Å². The van der Waals surface area contributed by atoms with Gasteiger partial charge in [-0.1, -0.05) is 0 Å². The molecule has 82 valence electrons. The molecule has 1 atom stereocenters. The van der Waals surface area contributed by atoms with E-state index in [9.17, 15) is 8.78 Å². The van der Waals surface area contributed by atoms with Gasteiger partial charge in [0.2, 0.25) is 0 Å². The lowest BCUT2D eigenvalue weighted by molar-refractivity contribution is 0.338. The molecule has 1 aromatic rings. The standard InChI is InChI=1S/C11H13F2NO/c1-6(14)4-8-7-2-3-15-11(7)10(13)5-9(8)12/h5-6H,2-4,14H2,1H3. The van der Waals surface area contributed by atoms with Crippen LogP contribution >= 0.6 is 0 Å². The van der Waals surface area contributed by atoms with Crippen LogP contribution in [0.1, 0.15) is 18.1 Å². The van der Waals surface area contributed by atoms with Gasteiger partial charge in [-0.3, -0.25) is 0 Å². The number of rotatable bonds is 2. The minimum atomic E-state index is -0.617. The lowest BCUT2D eigenvalue weighted by Gasteiger charge is -2.11. The first-order valence-corrected chi connectivity index (χ1v) is 4.97. The summed E-state index contributed by atoms with van der Waals surface area (Å²) in [6, 6.07) is 0.733. The van der Waals surface area contributed by atoms with E-state index in [-0.39, 0.29) is 11.8 Å². The summed E-state index contributed by atoms with van der Waals surface area (Å²) in [7, 11) is 0. The fourth-order valence-electron chi connectivity index (χ4n) is 1.91. The molecule has 0 saturated heterocycles. The molecule has 0 aromatic heterocycles. The van der Waals surface area contributed by atoms with Crippen molar-refractivity contribution in [3.05, 3.63) is 28.8 Å². The van der Waals surface area contributed by atoms with E-state index in [0.717, 1.165) is 6.07 Å². The largest absolute Gasteiger partial charge is 0.490 e. The Hall–Kier alpha value is -1.16. The van der Waals surface area contributed by atoms with E-state index in [1.807, 2.05) is 0 Å². The Kier molecular flexibility index (Phi) is 2.61. The summed E-state index contributed by atoms with van der Waals surface area (Å²) in [4.78, 5) is 0. The summed E-state index contributed by atoms with van der Waals surface area (Å²) in [5, 5.41) is 0. The summed E-state index contributed by atoms with van der Waals surface area (Å²) < 4.78 is 31.9. The monoisotopic (exact) mass is 213 g/mol. The van der Waals surface area contributed by atoms with Gasteiger partial charge < -0.3 is 10.5 Å². The first kappa shape index (κ1) is 10.4. The fourth-order valence-corrected chi connectivity index (χ4v) is 1.91. The van der Waals surface area contributed by atoms with Gasteiger partial charge in [0.05, 0.1) is 6.61 Å². The van der Waals surface area contributed by atoms with Crippen LogP contribution in [0.3, 0.4) is 0 Å². The SMILES string of the molecule is CC(N)Cc1c(F)cc(F)c2c1CCO2. The van der Waals surface area contributed by atoms with Crippen molar-refractivity contribution >= 4 is 0 Å². The van der Waals surface area contributed by atoms with E-state index in [1.165, 1.54) is 0 Å².